The lowest BCUT2D eigenvalue weighted by atomic mass is 10.1. The highest BCUT2D eigenvalue weighted by molar-refractivity contribution is 7.11. The van der Waals surface area contributed by atoms with Gasteiger partial charge in [-0.2, -0.15) is 0 Å². The van der Waals surface area contributed by atoms with Crippen LogP contribution in [0, 0.1) is 0 Å². The molecule has 2 aliphatic rings. The van der Waals surface area contributed by atoms with Crippen LogP contribution in [0.4, 0.5) is 0 Å². The number of rotatable bonds is 2. The van der Waals surface area contributed by atoms with Gasteiger partial charge in [-0.25, -0.2) is 0 Å². The molecule has 1 aromatic heterocycles. The third-order valence-electron chi connectivity index (χ3n) is 3.38. The minimum Gasteiger partial charge on any atom is -0.394 e. The maximum absolute atomic E-state index is 9.77. The zero-order valence-electron chi connectivity index (χ0n) is 9.82. The van der Waals surface area contributed by atoms with Crippen molar-refractivity contribution in [3.63, 3.8) is 0 Å². The van der Waals surface area contributed by atoms with Crippen LogP contribution in [0.15, 0.2) is 24.2 Å². The van der Waals surface area contributed by atoms with Gasteiger partial charge in [0, 0.05) is 12.6 Å². The Morgan fingerprint density at radius 3 is 3.11 bits per heavy atom. The Balaban J connectivity index is 1.81. The molecule has 96 valence electrons. The van der Waals surface area contributed by atoms with Crippen molar-refractivity contribution in [2.75, 3.05) is 6.61 Å². The molecule has 0 aliphatic carbocycles. The maximum Gasteiger partial charge on any atom is 0.137 e. The lowest BCUT2D eigenvalue weighted by Crippen LogP contribution is -2.30. The van der Waals surface area contributed by atoms with Gasteiger partial charge in [-0.05, 0) is 23.1 Å². The van der Waals surface area contributed by atoms with Crippen molar-refractivity contribution >= 4 is 23.1 Å². The van der Waals surface area contributed by atoms with Gasteiger partial charge in [0.15, 0.2) is 0 Å². The van der Waals surface area contributed by atoms with E-state index in [9.17, 15) is 5.11 Å². The van der Waals surface area contributed by atoms with Crippen LogP contribution in [-0.4, -0.2) is 40.2 Å². The fourth-order valence-corrected chi connectivity index (χ4v) is 3.24. The molecule has 0 bridgehead atoms. The first kappa shape index (κ1) is 11.9. The first-order valence-electron chi connectivity index (χ1n) is 5.88. The Hall–Kier alpha value is -1.14. The average Bonchev–Trinajstić information content (AvgIpc) is 2.96. The van der Waals surface area contributed by atoms with E-state index in [0.29, 0.717) is 6.42 Å². The highest BCUT2D eigenvalue weighted by Crippen LogP contribution is 2.36. The molecule has 3 rings (SSSR count). The molecule has 0 saturated carbocycles. The van der Waals surface area contributed by atoms with Crippen molar-refractivity contribution < 1.29 is 14.9 Å². The second-order valence-electron chi connectivity index (χ2n) is 4.49. The summed E-state index contributed by atoms with van der Waals surface area (Å²) in [6.07, 6.45) is 3.05. The molecule has 1 fully saturated rings. The van der Waals surface area contributed by atoms with E-state index in [1.165, 1.54) is 5.56 Å². The quantitative estimate of drug-likeness (QED) is 0.850. The van der Waals surface area contributed by atoms with Crippen molar-refractivity contribution in [3.8, 4) is 0 Å². The van der Waals surface area contributed by atoms with E-state index in [-0.39, 0.29) is 12.8 Å². The molecule has 0 amide bonds. The molecule has 0 unspecified atom stereocenters. The standard InChI is InChI=1S/C13H15NO3S/c1-8-13-9(3-5-18-13)2-4-14(8)12-6-10(16)11(7-15)17-12/h2-5,10-12,15-16H,1,6-7H2/t10-,11-,12-/m1/s1. The molecule has 2 aliphatic heterocycles. The predicted octanol–water partition coefficient (Wildman–Crippen LogP) is 1.47. The van der Waals surface area contributed by atoms with Crippen LogP contribution in [0.1, 0.15) is 16.9 Å². The third kappa shape index (κ3) is 1.80. The van der Waals surface area contributed by atoms with Gasteiger partial charge in [-0.1, -0.05) is 6.58 Å². The van der Waals surface area contributed by atoms with Crippen molar-refractivity contribution in [3.05, 3.63) is 34.7 Å². The van der Waals surface area contributed by atoms with Gasteiger partial charge in [0.05, 0.1) is 23.3 Å². The van der Waals surface area contributed by atoms with Crippen LogP contribution in [0.3, 0.4) is 0 Å². The summed E-state index contributed by atoms with van der Waals surface area (Å²) < 4.78 is 5.64. The van der Waals surface area contributed by atoms with Crippen LogP contribution >= 0.6 is 11.3 Å². The predicted molar refractivity (Wildman–Crippen MR) is 70.6 cm³/mol. The van der Waals surface area contributed by atoms with E-state index in [4.69, 9.17) is 9.84 Å². The van der Waals surface area contributed by atoms with E-state index in [1.54, 1.807) is 11.3 Å². The molecule has 0 radical (unpaired) electrons. The topological polar surface area (TPSA) is 52.9 Å². The number of aliphatic hydroxyl groups is 2. The lowest BCUT2D eigenvalue weighted by molar-refractivity contribution is -0.0505. The zero-order chi connectivity index (χ0) is 12.7. The number of nitrogens with zero attached hydrogens (tertiary/aromatic N) is 1. The van der Waals surface area contributed by atoms with E-state index in [1.807, 2.05) is 22.6 Å². The highest BCUT2D eigenvalue weighted by atomic mass is 32.1. The van der Waals surface area contributed by atoms with Crippen LogP contribution < -0.4 is 0 Å². The molecule has 0 aromatic carbocycles. The minimum atomic E-state index is -0.620. The Labute approximate surface area is 109 Å². The monoisotopic (exact) mass is 265 g/mol. The van der Waals surface area contributed by atoms with Crippen molar-refractivity contribution in [1.82, 2.24) is 4.90 Å². The van der Waals surface area contributed by atoms with Crippen LogP contribution in [0.2, 0.25) is 0 Å². The van der Waals surface area contributed by atoms with Gasteiger partial charge in [-0.15, -0.1) is 11.3 Å². The van der Waals surface area contributed by atoms with Gasteiger partial charge >= 0.3 is 0 Å². The van der Waals surface area contributed by atoms with Gasteiger partial charge < -0.3 is 19.8 Å². The molecule has 3 atom stereocenters. The van der Waals surface area contributed by atoms with Crippen molar-refractivity contribution in [2.45, 2.75) is 24.9 Å². The van der Waals surface area contributed by atoms with Gasteiger partial charge in [0.1, 0.15) is 12.3 Å². The summed E-state index contributed by atoms with van der Waals surface area (Å²) in [5.41, 5.74) is 2.05. The first-order chi connectivity index (χ1) is 8.70. The number of thiophene rings is 1. The zero-order valence-corrected chi connectivity index (χ0v) is 10.6. The van der Waals surface area contributed by atoms with Crippen molar-refractivity contribution in [1.29, 1.82) is 0 Å². The Morgan fingerprint density at radius 2 is 2.39 bits per heavy atom. The number of aliphatic hydroxyl groups excluding tert-OH is 2. The van der Waals surface area contributed by atoms with Crippen molar-refractivity contribution in [2.24, 2.45) is 0 Å². The normalized spacial score (nSPS) is 30.9. The molecule has 4 nitrogen and oxygen atoms in total. The average molecular weight is 265 g/mol. The molecule has 3 heterocycles. The molecule has 1 aromatic rings. The number of ether oxygens (including phenoxy) is 1. The summed E-state index contributed by atoms with van der Waals surface area (Å²) in [5.74, 6) is 0. The number of hydrogen-bond acceptors (Lipinski definition) is 5. The van der Waals surface area contributed by atoms with E-state index in [2.05, 4.69) is 12.6 Å². The summed E-state index contributed by atoms with van der Waals surface area (Å²) in [4.78, 5) is 3.06. The first-order valence-corrected chi connectivity index (χ1v) is 6.76. The van der Waals surface area contributed by atoms with E-state index in [0.717, 1.165) is 10.6 Å². The molecule has 1 saturated heterocycles. The van der Waals surface area contributed by atoms with E-state index >= 15 is 0 Å². The maximum atomic E-state index is 9.77. The Kier molecular flexibility index (Phi) is 2.99. The molecule has 2 N–H and O–H groups in total. The molecule has 0 spiro atoms. The minimum absolute atomic E-state index is 0.161. The molecule has 18 heavy (non-hydrogen) atoms. The van der Waals surface area contributed by atoms with E-state index < -0.39 is 12.2 Å². The van der Waals surface area contributed by atoms with Gasteiger partial charge in [-0.3, -0.25) is 0 Å². The lowest BCUT2D eigenvalue weighted by Gasteiger charge is -2.31. The summed E-state index contributed by atoms with van der Waals surface area (Å²) in [7, 11) is 0. The molecule has 5 heteroatoms. The smallest absolute Gasteiger partial charge is 0.137 e. The highest BCUT2D eigenvalue weighted by Gasteiger charge is 2.37. The number of hydrogen-bond donors (Lipinski definition) is 2. The number of fused-ring (bicyclic) bond motifs is 1. The largest absolute Gasteiger partial charge is 0.394 e. The van der Waals surface area contributed by atoms with Gasteiger partial charge in [0.2, 0.25) is 0 Å². The molecular formula is C13H15NO3S. The Morgan fingerprint density at radius 1 is 1.56 bits per heavy atom. The summed E-state index contributed by atoms with van der Waals surface area (Å²) >= 11 is 1.64. The summed E-state index contributed by atoms with van der Waals surface area (Å²) in [5, 5.41) is 20.9. The van der Waals surface area contributed by atoms with Crippen LogP contribution in [0.5, 0.6) is 0 Å². The molecular weight excluding hydrogens is 250 g/mol. The third-order valence-corrected chi connectivity index (χ3v) is 4.36. The second kappa shape index (κ2) is 4.51. The van der Waals surface area contributed by atoms with Crippen LogP contribution in [0.25, 0.3) is 11.8 Å². The van der Waals surface area contributed by atoms with Crippen LogP contribution in [-0.2, 0) is 4.74 Å². The fraction of sp³-hybridized carbons (Fsp3) is 0.385. The van der Waals surface area contributed by atoms with Gasteiger partial charge in [0.25, 0.3) is 0 Å². The summed E-state index contributed by atoms with van der Waals surface area (Å²) in [6.45, 7) is 3.93. The fourth-order valence-electron chi connectivity index (χ4n) is 2.37. The second-order valence-corrected chi connectivity index (χ2v) is 5.41. The summed E-state index contributed by atoms with van der Waals surface area (Å²) in [6, 6.07) is 2.06. The SMILES string of the molecule is C=C1c2sccc2C=CN1[C@H]1C[C@@H](O)[C@@H](CO)O1. The Bertz CT molecular complexity index is 496.